The van der Waals surface area contributed by atoms with Crippen molar-refractivity contribution >= 4 is 18.3 Å². The highest BCUT2D eigenvalue weighted by Gasteiger charge is 2.24. The van der Waals surface area contributed by atoms with Gasteiger partial charge in [0.05, 0.1) is 0 Å². The van der Waals surface area contributed by atoms with Crippen LogP contribution in [-0.4, -0.2) is 17.5 Å². The van der Waals surface area contributed by atoms with Crippen LogP contribution < -0.4 is 11.1 Å². The maximum absolute atomic E-state index is 12.0. The van der Waals surface area contributed by atoms with Crippen LogP contribution in [-0.2, 0) is 11.2 Å². The normalized spacial score (nSPS) is 14.1. The molecule has 0 saturated heterocycles. The topological polar surface area (TPSA) is 55.1 Å². The van der Waals surface area contributed by atoms with E-state index in [-0.39, 0.29) is 35.8 Å². The van der Waals surface area contributed by atoms with Crippen molar-refractivity contribution in [3.63, 3.8) is 0 Å². The molecule has 0 fully saturated rings. The molecule has 0 radical (unpaired) electrons. The van der Waals surface area contributed by atoms with Crippen LogP contribution in [0.1, 0.15) is 39.7 Å². The largest absolute Gasteiger partial charge is 0.351 e. The van der Waals surface area contributed by atoms with E-state index in [9.17, 15) is 4.79 Å². The number of rotatable bonds is 6. The maximum Gasteiger partial charge on any atom is 0.224 e. The van der Waals surface area contributed by atoms with E-state index in [0.717, 1.165) is 12.8 Å². The molecule has 1 aromatic carbocycles. The summed E-state index contributed by atoms with van der Waals surface area (Å²) in [5.41, 5.74) is 6.84. The summed E-state index contributed by atoms with van der Waals surface area (Å²) in [4.78, 5) is 12.0. The van der Waals surface area contributed by atoms with Gasteiger partial charge in [-0.15, -0.1) is 12.4 Å². The summed E-state index contributed by atoms with van der Waals surface area (Å²) in [5, 5.41) is 3.09. The van der Waals surface area contributed by atoms with Gasteiger partial charge in [0.15, 0.2) is 0 Å². The second kappa shape index (κ2) is 8.28. The monoisotopic (exact) mass is 298 g/mol. The molecule has 2 atom stereocenters. The molecule has 4 heteroatoms. The Kier molecular flexibility index (Phi) is 7.84. The Labute approximate surface area is 128 Å². The molecule has 0 saturated carbocycles. The first-order chi connectivity index (χ1) is 8.82. The van der Waals surface area contributed by atoms with E-state index >= 15 is 0 Å². The molecule has 1 aromatic rings. The Morgan fingerprint density at radius 1 is 1.25 bits per heavy atom. The lowest BCUT2D eigenvalue weighted by atomic mass is 9.93. The Balaban J connectivity index is 0.00000361. The number of carbonyl (C=O) groups excluding carboxylic acids is 1. The second-order valence-corrected chi connectivity index (χ2v) is 6.01. The van der Waals surface area contributed by atoms with E-state index in [1.165, 1.54) is 5.56 Å². The molecular weight excluding hydrogens is 272 g/mol. The zero-order valence-corrected chi connectivity index (χ0v) is 13.7. The molecule has 0 aliphatic carbocycles. The van der Waals surface area contributed by atoms with Crippen molar-refractivity contribution in [2.45, 2.75) is 52.1 Å². The van der Waals surface area contributed by atoms with Crippen LogP contribution >= 0.6 is 12.4 Å². The number of nitrogens with one attached hydrogen (secondary N) is 1. The van der Waals surface area contributed by atoms with E-state index < -0.39 is 0 Å². The number of amides is 1. The molecule has 1 rings (SSSR count). The predicted molar refractivity (Wildman–Crippen MR) is 87.0 cm³/mol. The maximum atomic E-state index is 12.0. The van der Waals surface area contributed by atoms with Gasteiger partial charge in [0.1, 0.15) is 0 Å². The number of benzene rings is 1. The summed E-state index contributed by atoms with van der Waals surface area (Å²) in [7, 11) is 0. The number of hydrogen-bond acceptors (Lipinski definition) is 2. The fourth-order valence-corrected chi connectivity index (χ4v) is 1.85. The SMILES string of the molecule is CC(N)C(C)C(=O)NC(C)(C)CCc1ccccc1.Cl. The third-order valence-electron chi connectivity index (χ3n) is 3.55. The molecule has 0 aliphatic rings. The van der Waals surface area contributed by atoms with E-state index in [1.807, 2.05) is 32.0 Å². The van der Waals surface area contributed by atoms with Gasteiger partial charge in [0.25, 0.3) is 0 Å². The minimum absolute atomic E-state index is 0. The van der Waals surface area contributed by atoms with Gasteiger partial charge < -0.3 is 11.1 Å². The van der Waals surface area contributed by atoms with E-state index in [0.29, 0.717) is 0 Å². The third kappa shape index (κ3) is 6.40. The molecule has 0 heterocycles. The average Bonchev–Trinajstić information content (AvgIpc) is 2.36. The van der Waals surface area contributed by atoms with Gasteiger partial charge in [0, 0.05) is 17.5 Å². The van der Waals surface area contributed by atoms with Gasteiger partial charge in [-0.25, -0.2) is 0 Å². The van der Waals surface area contributed by atoms with Crippen molar-refractivity contribution in [1.29, 1.82) is 0 Å². The Morgan fingerprint density at radius 3 is 2.30 bits per heavy atom. The number of nitrogens with two attached hydrogens (primary N) is 1. The van der Waals surface area contributed by atoms with Crippen LogP contribution in [0.2, 0.25) is 0 Å². The summed E-state index contributed by atoms with van der Waals surface area (Å²) >= 11 is 0. The van der Waals surface area contributed by atoms with Crippen molar-refractivity contribution in [2.24, 2.45) is 11.7 Å². The van der Waals surface area contributed by atoms with E-state index in [1.54, 1.807) is 0 Å². The minimum atomic E-state index is -0.212. The van der Waals surface area contributed by atoms with Gasteiger partial charge in [0.2, 0.25) is 5.91 Å². The highest BCUT2D eigenvalue weighted by molar-refractivity contribution is 5.85. The summed E-state index contributed by atoms with van der Waals surface area (Å²) in [6, 6.07) is 10.2. The van der Waals surface area contributed by atoms with Gasteiger partial charge in [-0.1, -0.05) is 37.3 Å². The van der Waals surface area contributed by atoms with Crippen LogP contribution in [0.3, 0.4) is 0 Å². The molecule has 0 aromatic heterocycles. The molecule has 114 valence electrons. The third-order valence-corrected chi connectivity index (χ3v) is 3.55. The molecule has 2 unspecified atom stereocenters. The number of halogens is 1. The van der Waals surface area contributed by atoms with Gasteiger partial charge in [-0.05, 0) is 39.2 Å². The van der Waals surface area contributed by atoms with Crippen molar-refractivity contribution in [2.75, 3.05) is 0 Å². The van der Waals surface area contributed by atoms with Crippen LogP contribution in [0.5, 0.6) is 0 Å². The standard InChI is InChI=1S/C16H26N2O.ClH/c1-12(13(2)17)15(19)18-16(3,4)11-10-14-8-6-5-7-9-14;/h5-9,12-13H,10-11,17H2,1-4H3,(H,18,19);1H. The molecule has 20 heavy (non-hydrogen) atoms. The highest BCUT2D eigenvalue weighted by Crippen LogP contribution is 2.15. The molecule has 0 bridgehead atoms. The average molecular weight is 299 g/mol. The summed E-state index contributed by atoms with van der Waals surface area (Å²) < 4.78 is 0. The lowest BCUT2D eigenvalue weighted by molar-refractivity contribution is -0.126. The zero-order valence-electron chi connectivity index (χ0n) is 12.8. The van der Waals surface area contributed by atoms with Crippen molar-refractivity contribution in [3.05, 3.63) is 35.9 Å². The molecule has 0 spiro atoms. The van der Waals surface area contributed by atoms with Crippen LogP contribution in [0.25, 0.3) is 0 Å². The number of aryl methyl sites for hydroxylation is 1. The van der Waals surface area contributed by atoms with Gasteiger partial charge >= 0.3 is 0 Å². The summed E-state index contributed by atoms with van der Waals surface area (Å²) in [6.07, 6.45) is 1.87. The van der Waals surface area contributed by atoms with Gasteiger partial charge in [-0.2, -0.15) is 0 Å². The number of carbonyl (C=O) groups is 1. The Morgan fingerprint density at radius 2 is 1.80 bits per heavy atom. The Hall–Kier alpha value is -1.06. The van der Waals surface area contributed by atoms with Crippen molar-refractivity contribution in [1.82, 2.24) is 5.32 Å². The lowest BCUT2D eigenvalue weighted by Gasteiger charge is -2.29. The Bertz CT molecular complexity index is 404. The van der Waals surface area contributed by atoms with Crippen molar-refractivity contribution in [3.8, 4) is 0 Å². The quantitative estimate of drug-likeness (QED) is 0.848. The smallest absolute Gasteiger partial charge is 0.224 e. The zero-order chi connectivity index (χ0) is 14.5. The van der Waals surface area contributed by atoms with E-state index in [2.05, 4.69) is 31.3 Å². The number of hydrogen-bond donors (Lipinski definition) is 2. The first-order valence-corrected chi connectivity index (χ1v) is 6.93. The first kappa shape index (κ1) is 18.9. The predicted octanol–water partition coefficient (Wildman–Crippen LogP) is 2.92. The molecule has 3 N–H and O–H groups in total. The van der Waals surface area contributed by atoms with Crippen LogP contribution in [0.15, 0.2) is 30.3 Å². The lowest BCUT2D eigenvalue weighted by Crippen LogP contribution is -2.48. The van der Waals surface area contributed by atoms with E-state index in [4.69, 9.17) is 5.73 Å². The van der Waals surface area contributed by atoms with Crippen LogP contribution in [0, 0.1) is 5.92 Å². The minimum Gasteiger partial charge on any atom is -0.351 e. The highest BCUT2D eigenvalue weighted by atomic mass is 35.5. The molecule has 1 amide bonds. The fraction of sp³-hybridized carbons (Fsp3) is 0.562. The molecule has 3 nitrogen and oxygen atoms in total. The van der Waals surface area contributed by atoms with Crippen LogP contribution in [0.4, 0.5) is 0 Å². The summed E-state index contributed by atoms with van der Waals surface area (Å²) in [5.74, 6) is -0.121. The first-order valence-electron chi connectivity index (χ1n) is 6.93. The van der Waals surface area contributed by atoms with Gasteiger partial charge in [-0.3, -0.25) is 4.79 Å². The molecule has 0 aliphatic heterocycles. The second-order valence-electron chi connectivity index (χ2n) is 6.01. The van der Waals surface area contributed by atoms with Crippen molar-refractivity contribution < 1.29 is 4.79 Å². The fourth-order valence-electron chi connectivity index (χ4n) is 1.85. The molecular formula is C16H27ClN2O. The summed E-state index contributed by atoms with van der Waals surface area (Å²) in [6.45, 7) is 7.85.